The fourth-order valence-electron chi connectivity index (χ4n) is 3.11. The van der Waals surface area contributed by atoms with Crippen LogP contribution in [-0.2, 0) is 16.1 Å². The number of carbonyl (C=O) groups excluding carboxylic acids is 2. The lowest BCUT2D eigenvalue weighted by Gasteiger charge is -2.29. The summed E-state index contributed by atoms with van der Waals surface area (Å²) in [4.78, 5) is 27.0. The van der Waals surface area contributed by atoms with Crippen LogP contribution in [0.15, 0.2) is 30.3 Å². The Balaban J connectivity index is 2.24. The molecule has 2 aromatic carbocycles. The van der Waals surface area contributed by atoms with Crippen molar-refractivity contribution in [1.82, 2.24) is 10.2 Å². The number of rotatable bonds is 8. The molecule has 0 aromatic heterocycles. The van der Waals surface area contributed by atoms with Crippen LogP contribution in [0.4, 0.5) is 0 Å². The lowest BCUT2D eigenvalue weighted by Crippen LogP contribution is -2.49. The van der Waals surface area contributed by atoms with Crippen molar-refractivity contribution in [3.8, 4) is 5.75 Å². The lowest BCUT2D eigenvalue weighted by atomic mass is 10.1. The SMILES string of the molecule is CCNC(=O)C(C)N(Cc1ccc(Cl)cc1Cl)C(=O)COc1cc(C)cc(C)c1C. The number of amides is 2. The summed E-state index contributed by atoms with van der Waals surface area (Å²) in [5, 5.41) is 3.71. The third-order valence-electron chi connectivity index (χ3n) is 4.99. The average molecular weight is 451 g/mol. The molecule has 0 bridgehead atoms. The Labute approximate surface area is 188 Å². The average Bonchev–Trinajstić information content (AvgIpc) is 2.68. The van der Waals surface area contributed by atoms with E-state index < -0.39 is 6.04 Å². The van der Waals surface area contributed by atoms with E-state index >= 15 is 0 Å². The lowest BCUT2D eigenvalue weighted by molar-refractivity contribution is -0.142. The highest BCUT2D eigenvalue weighted by Crippen LogP contribution is 2.25. The molecule has 0 aliphatic rings. The van der Waals surface area contributed by atoms with E-state index in [1.807, 2.05) is 33.8 Å². The Morgan fingerprint density at radius 2 is 1.83 bits per heavy atom. The largest absolute Gasteiger partial charge is 0.483 e. The summed E-state index contributed by atoms with van der Waals surface area (Å²) in [5.74, 6) is 0.118. The standard InChI is InChI=1S/C23H28Cl2N2O3/c1-6-26-23(29)17(5)27(12-18-7-8-19(24)11-20(18)25)22(28)13-30-21-10-14(2)9-15(3)16(21)4/h7-11,17H,6,12-13H2,1-5H3,(H,26,29). The molecule has 0 fully saturated rings. The Morgan fingerprint density at radius 3 is 2.47 bits per heavy atom. The van der Waals surface area contributed by atoms with Crippen LogP contribution in [0.2, 0.25) is 10.0 Å². The number of hydrogen-bond acceptors (Lipinski definition) is 3. The van der Waals surface area contributed by atoms with Gasteiger partial charge in [-0.15, -0.1) is 0 Å². The highest BCUT2D eigenvalue weighted by molar-refractivity contribution is 6.35. The number of hydrogen-bond donors (Lipinski definition) is 1. The van der Waals surface area contributed by atoms with E-state index in [4.69, 9.17) is 27.9 Å². The van der Waals surface area contributed by atoms with Crippen LogP contribution in [-0.4, -0.2) is 35.9 Å². The number of benzene rings is 2. The van der Waals surface area contributed by atoms with Crippen molar-refractivity contribution in [2.24, 2.45) is 0 Å². The van der Waals surface area contributed by atoms with Crippen molar-refractivity contribution in [2.45, 2.75) is 47.2 Å². The van der Waals surface area contributed by atoms with Crippen molar-refractivity contribution < 1.29 is 14.3 Å². The van der Waals surface area contributed by atoms with Gasteiger partial charge in [-0.3, -0.25) is 9.59 Å². The minimum atomic E-state index is -0.687. The first-order chi connectivity index (χ1) is 14.1. The predicted molar refractivity (Wildman–Crippen MR) is 121 cm³/mol. The molecule has 1 N–H and O–H groups in total. The third-order valence-corrected chi connectivity index (χ3v) is 5.58. The van der Waals surface area contributed by atoms with Crippen LogP contribution in [0.1, 0.15) is 36.1 Å². The minimum Gasteiger partial charge on any atom is -0.483 e. The van der Waals surface area contributed by atoms with E-state index in [-0.39, 0.29) is 25.0 Å². The predicted octanol–water partition coefficient (Wildman–Crippen LogP) is 4.85. The van der Waals surface area contributed by atoms with Crippen LogP contribution in [0, 0.1) is 20.8 Å². The zero-order valence-electron chi connectivity index (χ0n) is 18.0. The molecule has 7 heteroatoms. The van der Waals surface area contributed by atoms with Gasteiger partial charge < -0.3 is 15.0 Å². The number of likely N-dealkylation sites (N-methyl/N-ethyl adjacent to an activating group) is 1. The van der Waals surface area contributed by atoms with Gasteiger partial charge in [-0.1, -0.05) is 35.3 Å². The first kappa shape index (κ1) is 24.0. The maximum atomic E-state index is 13.1. The van der Waals surface area contributed by atoms with Crippen molar-refractivity contribution in [2.75, 3.05) is 13.2 Å². The summed E-state index contributed by atoms with van der Waals surface area (Å²) in [7, 11) is 0. The molecular formula is C23H28Cl2N2O3. The molecule has 30 heavy (non-hydrogen) atoms. The van der Waals surface area contributed by atoms with E-state index in [9.17, 15) is 9.59 Å². The Bertz CT molecular complexity index is 931. The first-order valence-electron chi connectivity index (χ1n) is 9.85. The molecule has 2 aromatic rings. The molecule has 0 saturated carbocycles. The quantitative estimate of drug-likeness (QED) is 0.624. The van der Waals surface area contributed by atoms with Crippen LogP contribution in [0.5, 0.6) is 5.75 Å². The molecule has 162 valence electrons. The van der Waals surface area contributed by atoms with Gasteiger partial charge in [0.15, 0.2) is 6.61 Å². The molecular weight excluding hydrogens is 423 g/mol. The highest BCUT2D eigenvalue weighted by atomic mass is 35.5. The summed E-state index contributed by atoms with van der Waals surface area (Å²) >= 11 is 12.3. The Morgan fingerprint density at radius 1 is 1.13 bits per heavy atom. The molecule has 5 nitrogen and oxygen atoms in total. The number of halogens is 2. The maximum absolute atomic E-state index is 13.1. The van der Waals surface area contributed by atoms with Crippen LogP contribution < -0.4 is 10.1 Å². The second kappa shape index (κ2) is 10.7. The maximum Gasteiger partial charge on any atom is 0.261 e. The number of nitrogens with one attached hydrogen (secondary N) is 1. The van der Waals surface area contributed by atoms with E-state index in [2.05, 4.69) is 11.4 Å². The molecule has 1 unspecified atom stereocenters. The molecule has 0 heterocycles. The fraction of sp³-hybridized carbons (Fsp3) is 0.391. The van der Waals surface area contributed by atoms with Crippen molar-refractivity contribution >= 4 is 35.0 Å². The van der Waals surface area contributed by atoms with Gasteiger partial charge in [-0.25, -0.2) is 0 Å². The molecule has 2 rings (SSSR count). The van der Waals surface area contributed by atoms with Crippen LogP contribution >= 0.6 is 23.2 Å². The van der Waals surface area contributed by atoms with Gasteiger partial charge in [0.1, 0.15) is 11.8 Å². The zero-order chi connectivity index (χ0) is 22.4. The van der Waals surface area contributed by atoms with Crippen molar-refractivity contribution in [3.05, 3.63) is 62.6 Å². The van der Waals surface area contributed by atoms with Crippen LogP contribution in [0.25, 0.3) is 0 Å². The summed E-state index contributed by atoms with van der Waals surface area (Å²) in [6, 6.07) is 8.36. The van der Waals surface area contributed by atoms with Crippen LogP contribution in [0.3, 0.4) is 0 Å². The molecule has 1 atom stereocenters. The number of nitrogens with zero attached hydrogens (tertiary/aromatic N) is 1. The smallest absolute Gasteiger partial charge is 0.261 e. The zero-order valence-corrected chi connectivity index (χ0v) is 19.5. The van der Waals surface area contributed by atoms with E-state index in [1.165, 1.54) is 4.90 Å². The van der Waals surface area contributed by atoms with Gasteiger partial charge in [0.2, 0.25) is 5.91 Å². The normalized spacial score (nSPS) is 11.7. The monoisotopic (exact) mass is 450 g/mol. The molecule has 0 saturated heterocycles. The van der Waals surface area contributed by atoms with E-state index in [0.29, 0.717) is 27.9 Å². The molecule has 0 aliphatic heterocycles. The molecule has 0 aliphatic carbocycles. The van der Waals surface area contributed by atoms with Gasteiger partial charge in [-0.2, -0.15) is 0 Å². The number of aryl methyl sites for hydroxylation is 2. The van der Waals surface area contributed by atoms with Gasteiger partial charge in [0.05, 0.1) is 0 Å². The second-order valence-corrected chi connectivity index (χ2v) is 8.17. The minimum absolute atomic E-state index is 0.169. The van der Waals surface area contributed by atoms with E-state index in [0.717, 1.165) is 16.7 Å². The van der Waals surface area contributed by atoms with Crippen molar-refractivity contribution in [1.29, 1.82) is 0 Å². The fourth-order valence-corrected chi connectivity index (χ4v) is 3.58. The highest BCUT2D eigenvalue weighted by Gasteiger charge is 2.27. The third kappa shape index (κ3) is 6.13. The number of ether oxygens (including phenoxy) is 1. The van der Waals surface area contributed by atoms with Gasteiger partial charge >= 0.3 is 0 Å². The number of carbonyl (C=O) groups is 2. The Kier molecular flexibility index (Phi) is 8.56. The summed E-state index contributed by atoms with van der Waals surface area (Å²) < 4.78 is 5.84. The topological polar surface area (TPSA) is 58.6 Å². The molecule has 2 amide bonds. The van der Waals surface area contributed by atoms with Crippen molar-refractivity contribution in [3.63, 3.8) is 0 Å². The van der Waals surface area contributed by atoms with Gasteiger partial charge in [0, 0.05) is 23.1 Å². The van der Waals surface area contributed by atoms with Gasteiger partial charge in [-0.05, 0) is 75.1 Å². The van der Waals surface area contributed by atoms with Gasteiger partial charge in [0.25, 0.3) is 5.91 Å². The summed E-state index contributed by atoms with van der Waals surface area (Å²) in [5.41, 5.74) is 3.84. The van der Waals surface area contributed by atoms with E-state index in [1.54, 1.807) is 25.1 Å². The second-order valence-electron chi connectivity index (χ2n) is 7.32. The molecule has 0 radical (unpaired) electrons. The summed E-state index contributed by atoms with van der Waals surface area (Å²) in [6.07, 6.45) is 0. The molecule has 0 spiro atoms. The first-order valence-corrected chi connectivity index (χ1v) is 10.6. The Hall–Kier alpha value is -2.24. The summed E-state index contributed by atoms with van der Waals surface area (Å²) in [6.45, 7) is 9.92.